The van der Waals surface area contributed by atoms with Crippen LogP contribution in [0.3, 0.4) is 0 Å². The molecule has 3 rings (SSSR count). The number of amides is 1. The van der Waals surface area contributed by atoms with E-state index in [2.05, 4.69) is 5.32 Å². The standard InChI is InChI=1S/C22H23ClN2O3/c1-15(22(26)24-19-6-4-5-7-21(19)27-3)25(2)14-18-12-13-20(28-18)16-8-10-17(23)11-9-16/h4-13,15H,14H2,1-3H3,(H,24,26)/t15-/m1/s1. The van der Waals surface area contributed by atoms with Crippen LogP contribution in [-0.4, -0.2) is 31.0 Å². The van der Waals surface area contributed by atoms with Gasteiger partial charge in [0.1, 0.15) is 17.3 Å². The number of rotatable bonds is 7. The van der Waals surface area contributed by atoms with E-state index in [9.17, 15) is 4.79 Å². The molecule has 6 heteroatoms. The minimum atomic E-state index is -0.353. The van der Waals surface area contributed by atoms with Gasteiger partial charge in [-0.25, -0.2) is 0 Å². The maximum absolute atomic E-state index is 12.6. The van der Waals surface area contributed by atoms with Crippen LogP contribution in [0.5, 0.6) is 5.75 Å². The van der Waals surface area contributed by atoms with Gasteiger partial charge in [0.2, 0.25) is 5.91 Å². The fourth-order valence-electron chi connectivity index (χ4n) is 2.80. The van der Waals surface area contributed by atoms with Gasteiger partial charge in [0, 0.05) is 10.6 Å². The number of ether oxygens (including phenoxy) is 1. The molecule has 0 saturated heterocycles. The summed E-state index contributed by atoms with van der Waals surface area (Å²) in [6, 6.07) is 18.3. The Labute approximate surface area is 169 Å². The molecule has 0 fully saturated rings. The lowest BCUT2D eigenvalue weighted by Gasteiger charge is -2.23. The van der Waals surface area contributed by atoms with E-state index in [4.69, 9.17) is 20.8 Å². The molecule has 146 valence electrons. The topological polar surface area (TPSA) is 54.7 Å². The first-order chi connectivity index (χ1) is 13.5. The fraction of sp³-hybridized carbons (Fsp3) is 0.227. The highest BCUT2D eigenvalue weighted by Gasteiger charge is 2.20. The Bertz CT molecular complexity index is 937. The summed E-state index contributed by atoms with van der Waals surface area (Å²) in [5, 5.41) is 3.60. The SMILES string of the molecule is COc1ccccc1NC(=O)[C@@H](C)N(C)Cc1ccc(-c2ccc(Cl)cc2)o1. The normalized spacial score (nSPS) is 12.0. The lowest BCUT2D eigenvalue weighted by molar-refractivity contribution is -0.120. The number of benzene rings is 2. The summed E-state index contributed by atoms with van der Waals surface area (Å²) >= 11 is 5.93. The van der Waals surface area contributed by atoms with Crippen molar-refractivity contribution in [1.82, 2.24) is 4.90 Å². The molecule has 0 radical (unpaired) electrons. The van der Waals surface area contributed by atoms with E-state index in [1.807, 2.05) is 79.5 Å². The van der Waals surface area contributed by atoms with Gasteiger partial charge in [-0.05, 0) is 62.5 Å². The number of nitrogens with one attached hydrogen (secondary N) is 1. The highest BCUT2D eigenvalue weighted by molar-refractivity contribution is 6.30. The van der Waals surface area contributed by atoms with Gasteiger partial charge < -0.3 is 14.5 Å². The van der Waals surface area contributed by atoms with Crippen molar-refractivity contribution >= 4 is 23.2 Å². The Kier molecular flexibility index (Phi) is 6.39. The lowest BCUT2D eigenvalue weighted by atomic mass is 10.2. The first-order valence-corrected chi connectivity index (χ1v) is 9.34. The number of para-hydroxylation sites is 2. The average molecular weight is 399 g/mol. The molecule has 1 amide bonds. The molecule has 0 unspecified atom stereocenters. The fourth-order valence-corrected chi connectivity index (χ4v) is 2.93. The number of hydrogen-bond acceptors (Lipinski definition) is 4. The van der Waals surface area contributed by atoms with Gasteiger partial charge in [0.15, 0.2) is 0 Å². The average Bonchev–Trinajstić information content (AvgIpc) is 3.16. The zero-order chi connectivity index (χ0) is 20.1. The molecule has 0 bridgehead atoms. The molecule has 0 spiro atoms. The summed E-state index contributed by atoms with van der Waals surface area (Å²) < 4.78 is 11.2. The highest BCUT2D eigenvalue weighted by atomic mass is 35.5. The number of nitrogens with zero attached hydrogens (tertiary/aromatic N) is 1. The Balaban J connectivity index is 1.63. The van der Waals surface area contributed by atoms with Crippen molar-refractivity contribution in [3.63, 3.8) is 0 Å². The third-order valence-electron chi connectivity index (χ3n) is 4.60. The van der Waals surface area contributed by atoms with Crippen LogP contribution in [0.4, 0.5) is 5.69 Å². The monoisotopic (exact) mass is 398 g/mol. The third-order valence-corrected chi connectivity index (χ3v) is 4.85. The Morgan fingerprint density at radius 3 is 2.57 bits per heavy atom. The minimum absolute atomic E-state index is 0.114. The maximum atomic E-state index is 12.6. The van der Waals surface area contributed by atoms with Gasteiger partial charge in [-0.2, -0.15) is 0 Å². The highest BCUT2D eigenvalue weighted by Crippen LogP contribution is 2.25. The van der Waals surface area contributed by atoms with Crippen LogP contribution in [0, 0.1) is 0 Å². The van der Waals surface area contributed by atoms with Gasteiger partial charge in [-0.15, -0.1) is 0 Å². The van der Waals surface area contributed by atoms with E-state index in [1.54, 1.807) is 7.11 Å². The van der Waals surface area contributed by atoms with Gasteiger partial charge in [0.25, 0.3) is 0 Å². The predicted molar refractivity (Wildman–Crippen MR) is 112 cm³/mol. The summed E-state index contributed by atoms with van der Waals surface area (Å²) in [5.41, 5.74) is 1.61. The van der Waals surface area contributed by atoms with Crippen molar-refractivity contribution in [3.05, 3.63) is 71.4 Å². The van der Waals surface area contributed by atoms with Crippen LogP contribution in [-0.2, 0) is 11.3 Å². The van der Waals surface area contributed by atoms with Crippen molar-refractivity contribution in [2.24, 2.45) is 0 Å². The molecular weight excluding hydrogens is 376 g/mol. The number of furan rings is 1. The van der Waals surface area contributed by atoms with Crippen LogP contribution in [0.15, 0.2) is 65.1 Å². The first kappa shape index (κ1) is 20.0. The molecule has 3 aromatic rings. The van der Waals surface area contributed by atoms with Crippen LogP contribution in [0.2, 0.25) is 5.02 Å². The number of carbonyl (C=O) groups is 1. The van der Waals surface area contributed by atoms with E-state index < -0.39 is 0 Å². The smallest absolute Gasteiger partial charge is 0.241 e. The summed E-state index contributed by atoms with van der Waals surface area (Å²) in [4.78, 5) is 14.5. The molecule has 1 heterocycles. The molecular formula is C22H23ClN2O3. The minimum Gasteiger partial charge on any atom is -0.495 e. The molecule has 0 aliphatic heterocycles. The van der Waals surface area contributed by atoms with Crippen molar-refractivity contribution in [1.29, 1.82) is 0 Å². The van der Waals surface area contributed by atoms with Crippen molar-refractivity contribution in [2.75, 3.05) is 19.5 Å². The molecule has 5 nitrogen and oxygen atoms in total. The molecule has 1 atom stereocenters. The number of hydrogen-bond donors (Lipinski definition) is 1. The molecule has 1 N–H and O–H groups in total. The largest absolute Gasteiger partial charge is 0.495 e. The van der Waals surface area contributed by atoms with E-state index in [1.165, 1.54) is 0 Å². The first-order valence-electron chi connectivity index (χ1n) is 8.96. The summed E-state index contributed by atoms with van der Waals surface area (Å²) in [5.74, 6) is 2.07. The molecule has 0 saturated carbocycles. The molecule has 1 aromatic heterocycles. The second-order valence-electron chi connectivity index (χ2n) is 6.55. The van der Waals surface area contributed by atoms with Crippen molar-refractivity contribution in [3.8, 4) is 17.1 Å². The van der Waals surface area contributed by atoms with Crippen LogP contribution >= 0.6 is 11.6 Å². The number of carbonyl (C=O) groups excluding carboxylic acids is 1. The third kappa shape index (κ3) is 4.74. The van der Waals surface area contributed by atoms with E-state index in [0.717, 1.165) is 17.1 Å². The van der Waals surface area contributed by atoms with Crippen LogP contribution in [0.25, 0.3) is 11.3 Å². The second kappa shape index (κ2) is 8.95. The zero-order valence-corrected chi connectivity index (χ0v) is 16.9. The van der Waals surface area contributed by atoms with Crippen LogP contribution < -0.4 is 10.1 Å². The van der Waals surface area contributed by atoms with Crippen LogP contribution in [0.1, 0.15) is 12.7 Å². The Morgan fingerprint density at radius 2 is 1.86 bits per heavy atom. The van der Waals surface area contributed by atoms with Gasteiger partial charge in [-0.3, -0.25) is 9.69 Å². The molecule has 0 aliphatic carbocycles. The number of likely N-dealkylation sites (N-methyl/N-ethyl adjacent to an activating group) is 1. The molecule has 2 aromatic carbocycles. The predicted octanol–water partition coefficient (Wildman–Crippen LogP) is 5.07. The maximum Gasteiger partial charge on any atom is 0.241 e. The second-order valence-corrected chi connectivity index (χ2v) is 6.99. The summed E-state index contributed by atoms with van der Waals surface area (Å²) in [6.45, 7) is 2.36. The number of anilines is 1. The molecule has 28 heavy (non-hydrogen) atoms. The zero-order valence-electron chi connectivity index (χ0n) is 16.1. The van der Waals surface area contributed by atoms with Crippen molar-refractivity contribution < 1.29 is 13.9 Å². The Morgan fingerprint density at radius 1 is 1.14 bits per heavy atom. The Hall–Kier alpha value is -2.76. The summed E-state index contributed by atoms with van der Waals surface area (Å²) in [7, 11) is 3.46. The quantitative estimate of drug-likeness (QED) is 0.603. The lowest BCUT2D eigenvalue weighted by Crippen LogP contribution is -2.39. The van der Waals surface area contributed by atoms with Gasteiger partial charge in [-0.1, -0.05) is 23.7 Å². The van der Waals surface area contributed by atoms with E-state index in [0.29, 0.717) is 23.0 Å². The van der Waals surface area contributed by atoms with Crippen molar-refractivity contribution in [2.45, 2.75) is 19.5 Å². The number of halogens is 1. The van der Waals surface area contributed by atoms with Gasteiger partial charge >= 0.3 is 0 Å². The van der Waals surface area contributed by atoms with Gasteiger partial charge in [0.05, 0.1) is 25.4 Å². The summed E-state index contributed by atoms with van der Waals surface area (Å²) in [6.07, 6.45) is 0. The molecule has 0 aliphatic rings. The number of methoxy groups -OCH3 is 1. The van der Waals surface area contributed by atoms with E-state index >= 15 is 0 Å². The van der Waals surface area contributed by atoms with E-state index in [-0.39, 0.29) is 11.9 Å².